The number of hydrogen-bond acceptors (Lipinski definition) is 8. The second-order valence-corrected chi connectivity index (χ2v) is 11.5. The van der Waals surface area contributed by atoms with E-state index in [9.17, 15) is 24.3 Å². The summed E-state index contributed by atoms with van der Waals surface area (Å²) in [7, 11) is 0. The Balaban J connectivity index is 0.000000135. The molecule has 2 aliphatic heterocycles. The minimum atomic E-state index is -0.579. The molecule has 1 N–H and O–H groups in total. The van der Waals surface area contributed by atoms with Crippen molar-refractivity contribution in [2.75, 3.05) is 6.61 Å². The molecule has 0 aromatic carbocycles. The van der Waals surface area contributed by atoms with Gasteiger partial charge in [0.25, 0.3) is 0 Å². The molecular formula is C28H36O8. The minimum absolute atomic E-state index is 0.00523. The van der Waals surface area contributed by atoms with E-state index in [0.29, 0.717) is 36.7 Å². The topological polar surface area (TPSA) is 116 Å². The standard InChI is InChI=1S/C12H16O3.C12H18O2.C4H2O3/c13-11(9-3-4-15-12(9)14)10-6-7-1-2-8(10)5-7;1-12(2,3)14-11(13)10-7-8-4-5-9(10)6-8;5-3-1-2-4(6)7-3/h1-2,7-11,13H,3-6H2;4-5,8-10H,6-7H2,1-3H3;1-2H. The Morgan fingerprint density at radius 3 is 1.94 bits per heavy atom. The van der Waals surface area contributed by atoms with Crippen LogP contribution in [0.25, 0.3) is 0 Å². The van der Waals surface area contributed by atoms with Crippen LogP contribution in [-0.2, 0) is 33.4 Å². The fraction of sp³-hybridized carbons (Fsp3) is 0.643. The third kappa shape index (κ3) is 6.33. The van der Waals surface area contributed by atoms with E-state index in [1.54, 1.807) is 0 Å². The zero-order valence-electron chi connectivity index (χ0n) is 21.1. The number of carbonyl (C=O) groups is 4. The number of hydrogen-bond donors (Lipinski definition) is 1. The van der Waals surface area contributed by atoms with Crippen LogP contribution in [0.15, 0.2) is 36.5 Å². The van der Waals surface area contributed by atoms with E-state index in [1.807, 2.05) is 20.8 Å². The van der Waals surface area contributed by atoms with Crippen LogP contribution in [0.1, 0.15) is 52.9 Å². The summed E-state index contributed by atoms with van der Waals surface area (Å²) in [5, 5.41) is 10.2. The molecule has 3 fully saturated rings. The number of cyclic esters (lactones) is 3. The maximum Gasteiger partial charge on any atom is 0.338 e. The number of esters is 4. The Hall–Kier alpha value is -2.74. The largest absolute Gasteiger partial charge is 0.465 e. The Kier molecular flexibility index (Phi) is 7.83. The summed E-state index contributed by atoms with van der Waals surface area (Å²) in [5.41, 5.74) is -0.345. The van der Waals surface area contributed by atoms with Crippen LogP contribution in [0.2, 0.25) is 0 Å². The number of aliphatic hydroxyl groups excluding tert-OH is 1. The number of aliphatic hydroxyl groups is 1. The Morgan fingerprint density at radius 2 is 1.56 bits per heavy atom. The second kappa shape index (κ2) is 10.7. The van der Waals surface area contributed by atoms with Crippen LogP contribution in [0.4, 0.5) is 0 Å². The molecule has 6 aliphatic rings. The van der Waals surface area contributed by atoms with E-state index in [-0.39, 0.29) is 35.3 Å². The SMILES string of the molecule is CC(C)(C)OC(=O)C1CC2C=CC1C2.O=C1C=CC(=O)O1.O=C1OCCC1C(O)C1CC2C=CC1C2. The molecule has 0 aromatic rings. The summed E-state index contributed by atoms with van der Waals surface area (Å²) in [5.74, 6) is 1.03. The summed E-state index contributed by atoms with van der Waals surface area (Å²) < 4.78 is 14.3. The van der Waals surface area contributed by atoms with Crippen molar-refractivity contribution in [2.24, 2.45) is 41.4 Å². The van der Waals surface area contributed by atoms with Gasteiger partial charge >= 0.3 is 23.9 Å². The highest BCUT2D eigenvalue weighted by atomic mass is 16.6. The molecule has 8 nitrogen and oxygen atoms in total. The summed E-state index contributed by atoms with van der Waals surface area (Å²) in [6.45, 7) is 6.26. The molecule has 4 aliphatic carbocycles. The van der Waals surface area contributed by atoms with E-state index in [4.69, 9.17) is 9.47 Å². The molecule has 0 amide bonds. The van der Waals surface area contributed by atoms with Crippen LogP contribution in [-0.4, -0.2) is 47.3 Å². The Morgan fingerprint density at radius 1 is 0.944 bits per heavy atom. The van der Waals surface area contributed by atoms with Crippen molar-refractivity contribution >= 4 is 23.9 Å². The smallest absolute Gasteiger partial charge is 0.338 e. The van der Waals surface area contributed by atoms with Crippen molar-refractivity contribution in [3.8, 4) is 0 Å². The lowest BCUT2D eigenvalue weighted by molar-refractivity contribution is -0.161. The molecule has 8 atom stereocenters. The number of rotatable bonds is 3. The molecule has 4 bridgehead atoms. The van der Waals surface area contributed by atoms with Gasteiger partial charge in [-0.25, -0.2) is 9.59 Å². The first kappa shape index (κ1) is 26.3. The number of carbonyl (C=O) groups excluding carboxylic acids is 4. The maximum absolute atomic E-state index is 11.8. The Bertz CT molecular complexity index is 955. The predicted octanol–water partition coefficient (Wildman–Crippen LogP) is 3.29. The maximum atomic E-state index is 11.8. The van der Waals surface area contributed by atoms with Crippen LogP contribution in [0, 0.1) is 41.4 Å². The molecule has 36 heavy (non-hydrogen) atoms. The summed E-state index contributed by atoms with van der Waals surface area (Å²) in [4.78, 5) is 43.0. The molecule has 0 radical (unpaired) electrons. The van der Waals surface area contributed by atoms with Gasteiger partial charge in [-0.05, 0) is 82.5 Å². The zero-order chi connectivity index (χ0) is 26.0. The van der Waals surface area contributed by atoms with Gasteiger partial charge in [-0.1, -0.05) is 24.3 Å². The highest BCUT2D eigenvalue weighted by molar-refractivity contribution is 6.04. The second-order valence-electron chi connectivity index (χ2n) is 11.5. The van der Waals surface area contributed by atoms with Crippen LogP contribution < -0.4 is 0 Å². The van der Waals surface area contributed by atoms with E-state index in [2.05, 4.69) is 29.0 Å². The van der Waals surface area contributed by atoms with Crippen molar-refractivity contribution in [2.45, 2.75) is 64.6 Å². The van der Waals surface area contributed by atoms with Crippen molar-refractivity contribution in [3.63, 3.8) is 0 Å². The molecule has 0 aromatic heterocycles. The summed E-state index contributed by atoms with van der Waals surface area (Å²) in [6.07, 6.45) is 15.6. The highest BCUT2D eigenvalue weighted by Gasteiger charge is 2.45. The van der Waals surface area contributed by atoms with E-state index < -0.39 is 18.0 Å². The number of allylic oxidation sites excluding steroid dienone is 4. The first-order chi connectivity index (χ1) is 17.0. The van der Waals surface area contributed by atoms with Gasteiger partial charge in [0, 0.05) is 12.2 Å². The number of fused-ring (bicyclic) bond motifs is 4. The lowest BCUT2D eigenvalue weighted by atomic mass is 9.82. The molecule has 2 heterocycles. The van der Waals surface area contributed by atoms with Gasteiger partial charge in [0.15, 0.2) is 0 Å². The first-order valence-corrected chi connectivity index (χ1v) is 12.9. The van der Waals surface area contributed by atoms with Crippen LogP contribution in [0.3, 0.4) is 0 Å². The van der Waals surface area contributed by atoms with Crippen LogP contribution in [0.5, 0.6) is 0 Å². The lowest BCUT2D eigenvalue weighted by Gasteiger charge is -2.26. The average Bonchev–Trinajstić information content (AvgIpc) is 3.63. The molecule has 196 valence electrons. The van der Waals surface area contributed by atoms with E-state index in [0.717, 1.165) is 31.4 Å². The van der Waals surface area contributed by atoms with Gasteiger partial charge < -0.3 is 19.3 Å². The third-order valence-corrected chi connectivity index (χ3v) is 7.70. The molecule has 2 saturated carbocycles. The third-order valence-electron chi connectivity index (χ3n) is 7.70. The van der Waals surface area contributed by atoms with Crippen molar-refractivity contribution < 1.29 is 38.5 Å². The van der Waals surface area contributed by atoms with Crippen molar-refractivity contribution in [1.29, 1.82) is 0 Å². The molecule has 1 saturated heterocycles. The summed E-state index contributed by atoms with van der Waals surface area (Å²) in [6, 6.07) is 0. The van der Waals surface area contributed by atoms with E-state index >= 15 is 0 Å². The molecular weight excluding hydrogens is 464 g/mol. The van der Waals surface area contributed by atoms with Gasteiger partial charge in [0.2, 0.25) is 0 Å². The molecule has 6 rings (SSSR count). The minimum Gasteiger partial charge on any atom is -0.465 e. The molecule has 8 unspecified atom stereocenters. The monoisotopic (exact) mass is 500 g/mol. The zero-order valence-corrected chi connectivity index (χ0v) is 21.1. The molecule has 0 spiro atoms. The Labute approximate surface area is 211 Å². The van der Waals surface area contributed by atoms with Gasteiger partial charge in [0.1, 0.15) is 5.60 Å². The van der Waals surface area contributed by atoms with Gasteiger partial charge in [0.05, 0.1) is 24.5 Å². The lowest BCUT2D eigenvalue weighted by Crippen LogP contribution is -2.34. The fourth-order valence-electron chi connectivity index (χ4n) is 6.07. The van der Waals surface area contributed by atoms with Gasteiger partial charge in [-0.2, -0.15) is 0 Å². The van der Waals surface area contributed by atoms with Gasteiger partial charge in [-0.3, -0.25) is 9.59 Å². The van der Waals surface area contributed by atoms with E-state index in [1.165, 1.54) is 6.42 Å². The van der Waals surface area contributed by atoms with Crippen molar-refractivity contribution in [3.05, 3.63) is 36.5 Å². The first-order valence-electron chi connectivity index (χ1n) is 12.9. The predicted molar refractivity (Wildman–Crippen MR) is 129 cm³/mol. The van der Waals surface area contributed by atoms with Crippen LogP contribution >= 0.6 is 0 Å². The fourth-order valence-corrected chi connectivity index (χ4v) is 6.07. The molecule has 8 heteroatoms. The number of ether oxygens (including phenoxy) is 3. The van der Waals surface area contributed by atoms with Crippen molar-refractivity contribution in [1.82, 2.24) is 0 Å². The normalized spacial score (nSPS) is 35.7. The van der Waals surface area contributed by atoms with Gasteiger partial charge in [-0.15, -0.1) is 0 Å². The average molecular weight is 501 g/mol. The quantitative estimate of drug-likeness (QED) is 0.272. The highest BCUT2D eigenvalue weighted by Crippen LogP contribution is 2.47. The summed E-state index contributed by atoms with van der Waals surface area (Å²) >= 11 is 0.